The second kappa shape index (κ2) is 13.7. The maximum absolute atomic E-state index is 10.6. The molecule has 11 nitrogen and oxygen atoms in total. The van der Waals surface area contributed by atoms with Crippen molar-refractivity contribution in [1.82, 2.24) is 30.2 Å². The number of nitrogens with one attached hydrogen (secondary N) is 1. The molecule has 0 aliphatic carbocycles. The summed E-state index contributed by atoms with van der Waals surface area (Å²) in [6.45, 7) is 12.3. The Labute approximate surface area is 218 Å². The molecule has 1 fully saturated rings. The predicted molar refractivity (Wildman–Crippen MR) is 122 cm³/mol. The lowest BCUT2D eigenvalue weighted by Crippen LogP contribution is -2.45. The molecule has 2 aliphatic heterocycles. The summed E-state index contributed by atoms with van der Waals surface area (Å²) in [5, 5.41) is 21.9. The van der Waals surface area contributed by atoms with E-state index in [0.29, 0.717) is 11.7 Å². The van der Waals surface area contributed by atoms with E-state index in [2.05, 4.69) is 37.2 Å². The predicted octanol–water partition coefficient (Wildman–Crippen LogP) is 2.49. The van der Waals surface area contributed by atoms with Crippen LogP contribution in [0.3, 0.4) is 0 Å². The van der Waals surface area contributed by atoms with Crippen LogP contribution in [0.15, 0.2) is 10.7 Å². The molecular weight excluding hydrogens is 542 g/mol. The average molecular weight is 570 g/mol. The maximum Gasteiger partial charge on any atom is 0.490 e. The monoisotopic (exact) mass is 570 g/mol. The van der Waals surface area contributed by atoms with Crippen LogP contribution in [0.5, 0.6) is 0 Å². The summed E-state index contributed by atoms with van der Waals surface area (Å²) in [6.07, 6.45) is -7.22. The SMILES string of the molecule is CCN1CCN(Cc2nc(-c3c(C)ncc4c3CCNC4)no2)CC1.O=C(O)C(F)(F)F.O=C(O)C(F)(F)F. The van der Waals surface area contributed by atoms with Crippen LogP contribution in [-0.4, -0.2) is 98.7 Å². The standard InChI is InChI=1S/C18H26N6O.2C2HF3O2/c1-3-23-6-8-24(9-7-23)12-16-21-18(22-25-16)17-13(2)20-11-14-10-19-5-4-15(14)17;2*3-2(4,5)1(6)7/h11,19H,3-10,12H2,1-2H3;2*(H,6,7). The van der Waals surface area contributed by atoms with Crippen molar-refractivity contribution in [3.63, 3.8) is 0 Å². The number of aliphatic carboxylic acids is 2. The summed E-state index contributed by atoms with van der Waals surface area (Å²) in [7, 11) is 0. The van der Waals surface area contributed by atoms with Gasteiger partial charge < -0.3 is 25.0 Å². The first-order valence-corrected chi connectivity index (χ1v) is 11.7. The Kier molecular flexibility index (Phi) is 11.2. The van der Waals surface area contributed by atoms with Crippen molar-refractivity contribution in [2.24, 2.45) is 0 Å². The fourth-order valence-electron chi connectivity index (χ4n) is 3.74. The number of likely N-dealkylation sites (N-methyl/N-ethyl adjacent to an activating group) is 1. The molecule has 218 valence electrons. The molecule has 1 saturated heterocycles. The van der Waals surface area contributed by atoms with E-state index in [1.54, 1.807) is 0 Å². The molecule has 0 bridgehead atoms. The smallest absolute Gasteiger partial charge is 0.475 e. The first-order chi connectivity index (χ1) is 18.1. The molecule has 0 saturated carbocycles. The van der Waals surface area contributed by atoms with Crippen molar-refractivity contribution in [3.8, 4) is 11.4 Å². The molecule has 0 spiro atoms. The number of carboxylic acid groups (broad SMARTS) is 2. The third-order valence-electron chi connectivity index (χ3n) is 5.78. The van der Waals surface area contributed by atoms with Gasteiger partial charge in [0.15, 0.2) is 0 Å². The van der Waals surface area contributed by atoms with E-state index in [0.717, 1.165) is 70.0 Å². The van der Waals surface area contributed by atoms with Gasteiger partial charge in [-0.2, -0.15) is 31.3 Å². The minimum atomic E-state index is -5.08. The normalized spacial score (nSPS) is 16.3. The minimum Gasteiger partial charge on any atom is -0.475 e. The van der Waals surface area contributed by atoms with Crippen molar-refractivity contribution in [3.05, 3.63) is 28.9 Å². The number of aromatic nitrogens is 3. The van der Waals surface area contributed by atoms with E-state index in [1.807, 2.05) is 13.1 Å². The molecule has 2 aliphatic rings. The number of halogens is 6. The molecule has 0 aromatic carbocycles. The molecule has 2 aromatic heterocycles. The molecule has 0 amide bonds. The molecule has 0 radical (unpaired) electrons. The first kappa shape index (κ1) is 31.9. The van der Waals surface area contributed by atoms with Crippen molar-refractivity contribution >= 4 is 11.9 Å². The van der Waals surface area contributed by atoms with Crippen molar-refractivity contribution in [2.75, 3.05) is 39.3 Å². The Morgan fingerprint density at radius 1 is 1.03 bits per heavy atom. The maximum atomic E-state index is 10.6. The molecule has 3 N–H and O–H groups in total. The second-order valence-corrected chi connectivity index (χ2v) is 8.48. The number of carbonyl (C=O) groups is 2. The molecule has 4 heterocycles. The van der Waals surface area contributed by atoms with Crippen LogP contribution in [0.4, 0.5) is 26.3 Å². The van der Waals surface area contributed by atoms with Gasteiger partial charge in [0, 0.05) is 50.2 Å². The quantitative estimate of drug-likeness (QED) is 0.466. The topological polar surface area (TPSA) is 145 Å². The largest absolute Gasteiger partial charge is 0.490 e. The number of aryl methyl sites for hydroxylation is 1. The zero-order valence-corrected chi connectivity index (χ0v) is 21.1. The number of hydrogen-bond acceptors (Lipinski definition) is 9. The lowest BCUT2D eigenvalue weighted by atomic mass is 9.95. The summed E-state index contributed by atoms with van der Waals surface area (Å²) in [5.74, 6) is -4.13. The van der Waals surface area contributed by atoms with Gasteiger partial charge >= 0.3 is 24.3 Å². The Morgan fingerprint density at radius 2 is 1.56 bits per heavy atom. The van der Waals surface area contributed by atoms with Crippen LogP contribution < -0.4 is 5.32 Å². The zero-order chi connectivity index (χ0) is 29.4. The molecule has 4 rings (SSSR count). The van der Waals surface area contributed by atoms with E-state index in [1.165, 1.54) is 11.1 Å². The van der Waals surface area contributed by atoms with Crippen molar-refractivity contribution < 1.29 is 50.7 Å². The van der Waals surface area contributed by atoms with Crippen LogP contribution in [-0.2, 0) is 29.1 Å². The summed E-state index contributed by atoms with van der Waals surface area (Å²) in [4.78, 5) is 31.9. The summed E-state index contributed by atoms with van der Waals surface area (Å²) >= 11 is 0. The number of nitrogens with zero attached hydrogens (tertiary/aromatic N) is 5. The van der Waals surface area contributed by atoms with Crippen molar-refractivity contribution in [1.29, 1.82) is 0 Å². The summed E-state index contributed by atoms with van der Waals surface area (Å²) < 4.78 is 69.0. The van der Waals surface area contributed by atoms with E-state index < -0.39 is 24.3 Å². The van der Waals surface area contributed by atoms with Gasteiger partial charge in [-0.3, -0.25) is 9.88 Å². The van der Waals surface area contributed by atoms with Crippen molar-refractivity contribution in [2.45, 2.75) is 45.7 Å². The van der Waals surface area contributed by atoms with Gasteiger partial charge in [-0.25, -0.2) is 9.59 Å². The summed E-state index contributed by atoms with van der Waals surface area (Å²) in [5.41, 5.74) is 4.60. The fourth-order valence-corrected chi connectivity index (χ4v) is 3.74. The third-order valence-corrected chi connectivity index (χ3v) is 5.78. The number of hydrogen-bond donors (Lipinski definition) is 3. The van der Waals surface area contributed by atoms with Gasteiger partial charge in [-0.15, -0.1) is 0 Å². The number of piperazine rings is 1. The van der Waals surface area contributed by atoms with Crippen LogP contribution in [0.1, 0.15) is 29.6 Å². The van der Waals surface area contributed by atoms with Crippen LogP contribution in [0.2, 0.25) is 0 Å². The molecule has 2 aromatic rings. The number of fused-ring (bicyclic) bond motifs is 1. The number of rotatable bonds is 4. The van der Waals surface area contributed by atoms with Gasteiger partial charge in [-0.05, 0) is 37.6 Å². The van der Waals surface area contributed by atoms with Crippen LogP contribution in [0.25, 0.3) is 11.4 Å². The van der Waals surface area contributed by atoms with E-state index in [-0.39, 0.29) is 0 Å². The van der Waals surface area contributed by atoms with Gasteiger partial charge in [0.2, 0.25) is 11.7 Å². The van der Waals surface area contributed by atoms with E-state index in [4.69, 9.17) is 24.3 Å². The van der Waals surface area contributed by atoms with E-state index >= 15 is 0 Å². The van der Waals surface area contributed by atoms with Gasteiger partial charge in [0.1, 0.15) is 0 Å². The van der Waals surface area contributed by atoms with E-state index in [9.17, 15) is 26.3 Å². The molecule has 0 unspecified atom stereocenters. The Hall–Kier alpha value is -3.31. The van der Waals surface area contributed by atoms with Crippen LogP contribution in [0, 0.1) is 6.92 Å². The Balaban J connectivity index is 0.000000317. The highest BCUT2D eigenvalue weighted by Crippen LogP contribution is 2.28. The highest BCUT2D eigenvalue weighted by Gasteiger charge is 2.38. The average Bonchev–Trinajstić information content (AvgIpc) is 3.31. The lowest BCUT2D eigenvalue weighted by Gasteiger charge is -2.33. The number of carboxylic acids is 2. The zero-order valence-electron chi connectivity index (χ0n) is 21.1. The third kappa shape index (κ3) is 9.74. The molecule has 0 atom stereocenters. The second-order valence-electron chi connectivity index (χ2n) is 8.48. The lowest BCUT2D eigenvalue weighted by molar-refractivity contribution is -0.193. The fraction of sp³-hybridized carbons (Fsp3) is 0.591. The number of alkyl halides is 6. The Morgan fingerprint density at radius 3 is 2.08 bits per heavy atom. The summed E-state index contributed by atoms with van der Waals surface area (Å²) in [6, 6.07) is 0. The first-order valence-electron chi connectivity index (χ1n) is 11.7. The number of pyridine rings is 1. The highest BCUT2D eigenvalue weighted by molar-refractivity contribution is 5.73. The van der Waals surface area contributed by atoms with Gasteiger partial charge in [-0.1, -0.05) is 12.1 Å². The highest BCUT2D eigenvalue weighted by atomic mass is 19.4. The van der Waals surface area contributed by atoms with Gasteiger partial charge in [0.25, 0.3) is 0 Å². The molecular formula is C22H28F6N6O5. The molecule has 39 heavy (non-hydrogen) atoms. The minimum absolute atomic E-state index is 0.686. The molecule has 17 heteroatoms. The van der Waals surface area contributed by atoms with Gasteiger partial charge in [0.05, 0.1) is 6.54 Å². The Bertz CT molecular complexity index is 1090. The van der Waals surface area contributed by atoms with Crippen LogP contribution >= 0.6 is 0 Å².